The number of rotatable bonds is 3. The Bertz CT molecular complexity index is 503. The minimum Gasteiger partial charge on any atom is -0.378 e. The van der Waals surface area contributed by atoms with Crippen LogP contribution in [0.2, 0.25) is 0 Å². The highest BCUT2D eigenvalue weighted by atomic mass is 79.9. The summed E-state index contributed by atoms with van der Waals surface area (Å²) in [6, 6.07) is 3.93. The van der Waals surface area contributed by atoms with E-state index in [-0.39, 0.29) is 11.6 Å². The topological polar surface area (TPSA) is 93.5 Å². The first-order valence-electron chi connectivity index (χ1n) is 5.64. The van der Waals surface area contributed by atoms with Gasteiger partial charge in [-0.2, -0.15) is 0 Å². The molecule has 1 aromatic carbocycles. The van der Waals surface area contributed by atoms with Crippen molar-refractivity contribution in [2.75, 3.05) is 25.1 Å². The van der Waals surface area contributed by atoms with Crippen molar-refractivity contribution in [1.29, 1.82) is 0 Å². The number of hydrogen-bond acceptors (Lipinski definition) is 5. The minimum atomic E-state index is -0.494. The van der Waals surface area contributed by atoms with Gasteiger partial charge in [-0.3, -0.25) is 14.9 Å². The summed E-state index contributed by atoms with van der Waals surface area (Å²) in [5, 5.41) is 16.4. The third-order valence-electron chi connectivity index (χ3n) is 2.65. The summed E-state index contributed by atoms with van der Waals surface area (Å²) in [6.07, 6.45) is 0. The van der Waals surface area contributed by atoms with Crippen LogP contribution in [0.3, 0.4) is 0 Å². The average Bonchev–Trinajstić information content (AvgIpc) is 2.39. The Hall–Kier alpha value is -1.51. The number of halogens is 1. The number of carbonyl (C=O) groups is 1. The van der Waals surface area contributed by atoms with E-state index in [0.29, 0.717) is 29.9 Å². The summed E-state index contributed by atoms with van der Waals surface area (Å²) in [5.41, 5.74) is 0.451. The number of nitrogens with zero attached hydrogens (tertiary/aromatic N) is 1. The van der Waals surface area contributed by atoms with E-state index in [4.69, 9.17) is 4.74 Å². The molecule has 1 fully saturated rings. The molecule has 1 aromatic rings. The molecule has 102 valence electrons. The number of anilines is 1. The molecule has 1 aliphatic heterocycles. The zero-order valence-corrected chi connectivity index (χ0v) is 11.5. The van der Waals surface area contributed by atoms with Crippen LogP contribution in [-0.2, 0) is 9.53 Å². The maximum absolute atomic E-state index is 11.9. The number of hydrogen-bond donors (Lipinski definition) is 2. The highest BCUT2D eigenvalue weighted by Gasteiger charge is 2.21. The molecule has 0 spiro atoms. The molecular formula is C11H12BrN3O4. The molecule has 1 aliphatic rings. The largest absolute Gasteiger partial charge is 0.378 e. The average molecular weight is 330 g/mol. The molecule has 2 N–H and O–H groups in total. The second-order valence-corrected chi connectivity index (χ2v) is 4.85. The normalized spacial score (nSPS) is 18.9. The zero-order valence-electron chi connectivity index (χ0n) is 9.89. The molecular weight excluding hydrogens is 318 g/mol. The van der Waals surface area contributed by atoms with Crippen molar-refractivity contribution in [3.63, 3.8) is 0 Å². The summed E-state index contributed by atoms with van der Waals surface area (Å²) in [4.78, 5) is 22.1. The Balaban J connectivity index is 2.04. The second kappa shape index (κ2) is 6.09. The fourth-order valence-electron chi connectivity index (χ4n) is 1.70. The molecule has 8 heteroatoms. The molecule has 7 nitrogen and oxygen atoms in total. The van der Waals surface area contributed by atoms with Crippen molar-refractivity contribution in [3.8, 4) is 0 Å². The second-order valence-electron chi connectivity index (χ2n) is 3.99. The predicted octanol–water partition coefficient (Wildman–Crippen LogP) is 1.28. The number of ether oxygens (including phenoxy) is 1. The monoisotopic (exact) mass is 329 g/mol. The fourth-order valence-corrected chi connectivity index (χ4v) is 2.22. The summed E-state index contributed by atoms with van der Waals surface area (Å²) >= 11 is 3.10. The van der Waals surface area contributed by atoms with Gasteiger partial charge in [0.1, 0.15) is 6.04 Å². The Morgan fingerprint density at radius 3 is 2.95 bits per heavy atom. The van der Waals surface area contributed by atoms with Crippen molar-refractivity contribution in [2.24, 2.45) is 0 Å². The maximum atomic E-state index is 11.9. The first-order valence-corrected chi connectivity index (χ1v) is 6.43. The minimum absolute atomic E-state index is 0.0443. The van der Waals surface area contributed by atoms with Gasteiger partial charge in [-0.15, -0.1) is 0 Å². The summed E-state index contributed by atoms with van der Waals surface area (Å²) < 4.78 is 5.52. The highest BCUT2D eigenvalue weighted by molar-refractivity contribution is 9.10. The van der Waals surface area contributed by atoms with Crippen LogP contribution in [0, 0.1) is 10.1 Å². The first kappa shape index (κ1) is 13.9. The predicted molar refractivity (Wildman–Crippen MR) is 72.0 cm³/mol. The number of morpholine rings is 1. The van der Waals surface area contributed by atoms with E-state index in [2.05, 4.69) is 26.6 Å². The van der Waals surface area contributed by atoms with E-state index in [0.717, 1.165) is 0 Å². The van der Waals surface area contributed by atoms with Crippen LogP contribution in [0.4, 0.5) is 11.4 Å². The van der Waals surface area contributed by atoms with Crippen molar-refractivity contribution in [1.82, 2.24) is 5.32 Å². The van der Waals surface area contributed by atoms with E-state index in [1.165, 1.54) is 18.2 Å². The van der Waals surface area contributed by atoms with E-state index in [1.807, 2.05) is 0 Å². The van der Waals surface area contributed by atoms with Crippen LogP contribution < -0.4 is 10.6 Å². The summed E-state index contributed by atoms with van der Waals surface area (Å²) in [5.74, 6) is -0.222. The van der Waals surface area contributed by atoms with Gasteiger partial charge in [0, 0.05) is 18.3 Å². The quantitative estimate of drug-likeness (QED) is 0.643. The molecule has 0 aromatic heterocycles. The molecule has 2 rings (SSSR count). The Morgan fingerprint density at radius 2 is 2.37 bits per heavy atom. The van der Waals surface area contributed by atoms with Gasteiger partial charge in [0.15, 0.2) is 0 Å². The lowest BCUT2D eigenvalue weighted by molar-refractivity contribution is -0.385. The van der Waals surface area contributed by atoms with Crippen molar-refractivity contribution < 1.29 is 14.5 Å². The van der Waals surface area contributed by atoms with Gasteiger partial charge in [-0.1, -0.05) is 0 Å². The number of benzene rings is 1. The molecule has 19 heavy (non-hydrogen) atoms. The third-order valence-corrected chi connectivity index (χ3v) is 3.29. The fraction of sp³-hybridized carbons (Fsp3) is 0.364. The lowest BCUT2D eigenvalue weighted by Gasteiger charge is -2.22. The smallest absolute Gasteiger partial charge is 0.283 e. The number of nitro groups is 1. The molecule has 0 bridgehead atoms. The van der Waals surface area contributed by atoms with E-state index in [1.54, 1.807) is 0 Å². The van der Waals surface area contributed by atoms with Gasteiger partial charge in [0.25, 0.3) is 5.69 Å². The molecule has 1 unspecified atom stereocenters. The molecule has 0 aliphatic carbocycles. The molecule has 1 atom stereocenters. The molecule has 0 radical (unpaired) electrons. The van der Waals surface area contributed by atoms with Gasteiger partial charge in [-0.05, 0) is 28.1 Å². The van der Waals surface area contributed by atoms with Gasteiger partial charge in [0.05, 0.1) is 22.6 Å². The lowest BCUT2D eigenvalue weighted by atomic mass is 10.2. The van der Waals surface area contributed by atoms with Crippen LogP contribution >= 0.6 is 15.9 Å². The Labute approximate surface area is 117 Å². The number of nitro benzene ring substituents is 1. The lowest BCUT2D eigenvalue weighted by Crippen LogP contribution is -2.48. The number of nitrogens with one attached hydrogen (secondary N) is 2. The Kier molecular flexibility index (Phi) is 4.46. The molecule has 1 amide bonds. The number of carbonyl (C=O) groups excluding carboxylic acids is 1. The number of amides is 1. The van der Waals surface area contributed by atoms with Crippen LogP contribution in [0.5, 0.6) is 0 Å². The van der Waals surface area contributed by atoms with Crippen LogP contribution in [0.1, 0.15) is 0 Å². The van der Waals surface area contributed by atoms with Crippen LogP contribution in [-0.4, -0.2) is 36.6 Å². The van der Waals surface area contributed by atoms with Crippen molar-refractivity contribution in [3.05, 3.63) is 32.8 Å². The van der Waals surface area contributed by atoms with Gasteiger partial charge in [-0.25, -0.2) is 0 Å². The standard InChI is InChI=1S/C11H12BrN3O4/c12-8-5-7(1-2-10(8)15(17)18)14-11(16)9-6-19-4-3-13-9/h1-2,5,9,13H,3-4,6H2,(H,14,16). The van der Waals surface area contributed by atoms with Crippen molar-refractivity contribution in [2.45, 2.75) is 6.04 Å². The van der Waals surface area contributed by atoms with E-state index in [9.17, 15) is 14.9 Å². The SMILES string of the molecule is O=C(Nc1ccc([N+](=O)[O-])c(Br)c1)C1COCCN1. The summed E-state index contributed by atoms with van der Waals surface area (Å²) in [6.45, 7) is 1.54. The van der Waals surface area contributed by atoms with Crippen LogP contribution in [0.25, 0.3) is 0 Å². The molecule has 1 saturated heterocycles. The van der Waals surface area contributed by atoms with E-state index >= 15 is 0 Å². The summed E-state index contributed by atoms with van der Waals surface area (Å²) in [7, 11) is 0. The van der Waals surface area contributed by atoms with Crippen molar-refractivity contribution >= 4 is 33.2 Å². The van der Waals surface area contributed by atoms with Gasteiger partial charge < -0.3 is 15.4 Å². The van der Waals surface area contributed by atoms with Gasteiger partial charge in [0.2, 0.25) is 5.91 Å². The van der Waals surface area contributed by atoms with E-state index < -0.39 is 11.0 Å². The first-order chi connectivity index (χ1) is 9.08. The highest BCUT2D eigenvalue weighted by Crippen LogP contribution is 2.27. The van der Waals surface area contributed by atoms with Crippen LogP contribution in [0.15, 0.2) is 22.7 Å². The van der Waals surface area contributed by atoms with Gasteiger partial charge >= 0.3 is 0 Å². The third kappa shape index (κ3) is 3.49. The Morgan fingerprint density at radius 1 is 1.58 bits per heavy atom. The maximum Gasteiger partial charge on any atom is 0.283 e. The zero-order chi connectivity index (χ0) is 13.8. The molecule has 0 saturated carbocycles. The molecule has 1 heterocycles.